The van der Waals surface area contributed by atoms with Crippen molar-refractivity contribution in [2.75, 3.05) is 6.16 Å². The molecule has 0 aromatic heterocycles. The van der Waals surface area contributed by atoms with Gasteiger partial charge in [0.1, 0.15) is 7.14 Å². The SMILES string of the molecule is CC(C)=C(CP(=O)(c1ccccc1)c1ccccc1)S(=O)(=O)c1ccc(C)cc1. The zero-order valence-corrected chi connectivity index (χ0v) is 18.6. The topological polar surface area (TPSA) is 51.2 Å². The van der Waals surface area contributed by atoms with Crippen molar-refractivity contribution in [3.8, 4) is 0 Å². The van der Waals surface area contributed by atoms with Crippen molar-refractivity contribution in [1.82, 2.24) is 0 Å². The van der Waals surface area contributed by atoms with E-state index in [0.717, 1.165) is 5.56 Å². The van der Waals surface area contributed by atoms with Gasteiger partial charge in [-0.25, -0.2) is 8.42 Å². The predicted molar refractivity (Wildman–Crippen MR) is 121 cm³/mol. The Balaban J connectivity index is 2.16. The largest absolute Gasteiger partial charge is 0.313 e. The molecule has 0 amide bonds. The Kier molecular flexibility index (Phi) is 6.26. The molecule has 0 aliphatic carbocycles. The molecule has 3 nitrogen and oxygen atoms in total. The van der Waals surface area contributed by atoms with Crippen molar-refractivity contribution < 1.29 is 13.0 Å². The number of sulfone groups is 1. The molecule has 150 valence electrons. The van der Waals surface area contributed by atoms with Crippen molar-refractivity contribution in [3.63, 3.8) is 0 Å². The molecule has 0 aliphatic rings. The Morgan fingerprint density at radius 1 is 0.759 bits per heavy atom. The number of hydrogen-bond donors (Lipinski definition) is 0. The summed E-state index contributed by atoms with van der Waals surface area (Å²) in [5.74, 6) is 0. The van der Waals surface area contributed by atoms with E-state index in [-0.39, 0.29) is 16.0 Å². The zero-order valence-electron chi connectivity index (χ0n) is 16.9. The van der Waals surface area contributed by atoms with Crippen molar-refractivity contribution in [1.29, 1.82) is 0 Å². The lowest BCUT2D eigenvalue weighted by molar-refractivity contribution is 0.586. The Bertz CT molecular complexity index is 1120. The van der Waals surface area contributed by atoms with E-state index >= 15 is 0 Å². The molecule has 0 aliphatic heterocycles. The molecule has 0 fully saturated rings. The van der Waals surface area contributed by atoms with Gasteiger partial charge in [0.15, 0.2) is 0 Å². The smallest absolute Gasteiger partial charge is 0.203 e. The molecule has 5 heteroatoms. The van der Waals surface area contributed by atoms with Crippen LogP contribution in [0.15, 0.2) is 100 Å². The second-order valence-corrected chi connectivity index (χ2v) is 12.1. The molecular formula is C24H25O3PS. The first kappa shape index (κ1) is 21.3. The number of rotatable bonds is 6. The van der Waals surface area contributed by atoms with Crippen LogP contribution in [0.3, 0.4) is 0 Å². The first-order valence-corrected chi connectivity index (χ1v) is 12.8. The fourth-order valence-corrected chi connectivity index (χ4v) is 8.48. The van der Waals surface area contributed by atoms with E-state index in [9.17, 15) is 13.0 Å². The van der Waals surface area contributed by atoms with Crippen LogP contribution in [0, 0.1) is 6.92 Å². The number of hydrogen-bond acceptors (Lipinski definition) is 3. The minimum atomic E-state index is -3.76. The van der Waals surface area contributed by atoms with Crippen LogP contribution < -0.4 is 10.6 Å². The fourth-order valence-electron chi connectivity index (χ4n) is 3.24. The molecule has 0 atom stereocenters. The zero-order chi connectivity index (χ0) is 21.1. The maximum Gasteiger partial charge on any atom is 0.203 e. The highest BCUT2D eigenvalue weighted by atomic mass is 32.2. The van der Waals surface area contributed by atoms with E-state index in [2.05, 4.69) is 0 Å². The average Bonchev–Trinajstić information content (AvgIpc) is 2.73. The summed E-state index contributed by atoms with van der Waals surface area (Å²) >= 11 is 0. The normalized spacial score (nSPS) is 11.8. The quantitative estimate of drug-likeness (QED) is 0.519. The summed E-state index contributed by atoms with van der Waals surface area (Å²) in [5.41, 5.74) is 1.64. The van der Waals surface area contributed by atoms with Gasteiger partial charge >= 0.3 is 0 Å². The molecule has 3 rings (SSSR count). The molecule has 0 bridgehead atoms. The molecule has 3 aromatic carbocycles. The number of benzene rings is 3. The Labute approximate surface area is 173 Å². The summed E-state index contributed by atoms with van der Waals surface area (Å²) in [6.45, 7) is 5.44. The van der Waals surface area contributed by atoms with Crippen LogP contribution in [0.5, 0.6) is 0 Å². The van der Waals surface area contributed by atoms with Gasteiger partial charge in [0.2, 0.25) is 9.84 Å². The third-order valence-corrected chi connectivity index (χ3v) is 10.3. The number of allylic oxidation sites excluding steroid dienone is 2. The molecule has 0 heterocycles. The van der Waals surface area contributed by atoms with Gasteiger partial charge in [0.05, 0.1) is 9.80 Å². The molecule has 29 heavy (non-hydrogen) atoms. The maximum atomic E-state index is 14.4. The van der Waals surface area contributed by atoms with Crippen molar-refractivity contribution >= 4 is 27.6 Å². The Morgan fingerprint density at radius 3 is 1.62 bits per heavy atom. The molecule has 0 spiro atoms. The van der Waals surface area contributed by atoms with Gasteiger partial charge in [-0.15, -0.1) is 0 Å². The van der Waals surface area contributed by atoms with Crippen LogP contribution in [0.1, 0.15) is 19.4 Å². The highest BCUT2D eigenvalue weighted by molar-refractivity contribution is 7.96. The summed E-state index contributed by atoms with van der Waals surface area (Å²) in [6, 6.07) is 25.1. The summed E-state index contributed by atoms with van der Waals surface area (Å²) in [7, 11) is -6.96. The van der Waals surface area contributed by atoms with Gasteiger partial charge in [-0.05, 0) is 32.9 Å². The molecule has 0 saturated heterocycles. The van der Waals surface area contributed by atoms with Gasteiger partial charge in [-0.2, -0.15) is 0 Å². The molecule has 0 N–H and O–H groups in total. The average molecular weight is 425 g/mol. The monoisotopic (exact) mass is 424 g/mol. The summed E-state index contributed by atoms with van der Waals surface area (Å²) in [5, 5.41) is 1.31. The third kappa shape index (κ3) is 4.44. The summed E-state index contributed by atoms with van der Waals surface area (Å²) in [6.07, 6.45) is -0.0421. The maximum absolute atomic E-state index is 14.4. The standard InChI is InChI=1S/C24H25O3PS/c1-19(2)24(29(26,27)23-16-14-20(3)15-17-23)18-28(25,21-10-6-4-7-11-21)22-12-8-5-9-13-22/h4-17H,18H2,1-3H3. The first-order valence-electron chi connectivity index (χ1n) is 9.43. The van der Waals surface area contributed by atoms with Crippen LogP contribution in [0.2, 0.25) is 0 Å². The second kappa shape index (κ2) is 8.52. The van der Waals surface area contributed by atoms with Crippen LogP contribution in [0.4, 0.5) is 0 Å². The summed E-state index contributed by atoms with van der Waals surface area (Å²) < 4.78 is 41.3. The van der Waals surface area contributed by atoms with Crippen LogP contribution in [0.25, 0.3) is 0 Å². The molecular weight excluding hydrogens is 399 g/mol. The van der Waals surface area contributed by atoms with E-state index in [1.807, 2.05) is 67.6 Å². The van der Waals surface area contributed by atoms with Crippen molar-refractivity contribution in [3.05, 3.63) is 101 Å². The van der Waals surface area contributed by atoms with Crippen LogP contribution in [-0.2, 0) is 14.4 Å². The summed E-state index contributed by atoms with van der Waals surface area (Å²) in [4.78, 5) is 0.448. The highest BCUT2D eigenvalue weighted by Gasteiger charge is 2.34. The highest BCUT2D eigenvalue weighted by Crippen LogP contribution is 2.47. The van der Waals surface area contributed by atoms with Crippen molar-refractivity contribution in [2.45, 2.75) is 25.7 Å². The van der Waals surface area contributed by atoms with E-state index in [1.54, 1.807) is 38.1 Å². The van der Waals surface area contributed by atoms with Crippen molar-refractivity contribution in [2.24, 2.45) is 0 Å². The molecule has 0 radical (unpaired) electrons. The van der Waals surface area contributed by atoms with Crippen LogP contribution in [-0.4, -0.2) is 14.6 Å². The van der Waals surface area contributed by atoms with Gasteiger partial charge in [-0.1, -0.05) is 83.9 Å². The number of aryl methyl sites for hydroxylation is 1. The minimum absolute atomic E-state index is 0.0421. The van der Waals surface area contributed by atoms with Gasteiger partial charge in [0, 0.05) is 16.8 Å². The lowest BCUT2D eigenvalue weighted by atomic mass is 10.2. The van der Waals surface area contributed by atoms with E-state index in [0.29, 0.717) is 16.2 Å². The second-order valence-electron chi connectivity index (χ2n) is 7.31. The fraction of sp³-hybridized carbons (Fsp3) is 0.167. The minimum Gasteiger partial charge on any atom is -0.313 e. The van der Waals surface area contributed by atoms with E-state index < -0.39 is 17.0 Å². The van der Waals surface area contributed by atoms with E-state index in [4.69, 9.17) is 0 Å². The van der Waals surface area contributed by atoms with E-state index in [1.165, 1.54) is 0 Å². The molecule has 0 unspecified atom stereocenters. The first-order chi connectivity index (χ1) is 13.7. The Morgan fingerprint density at radius 2 is 1.21 bits per heavy atom. The lowest BCUT2D eigenvalue weighted by Gasteiger charge is -2.22. The molecule has 3 aromatic rings. The molecule has 0 saturated carbocycles. The van der Waals surface area contributed by atoms with Gasteiger partial charge in [0.25, 0.3) is 0 Å². The predicted octanol–water partition coefficient (Wildman–Crippen LogP) is 5.08. The van der Waals surface area contributed by atoms with Gasteiger partial charge in [-0.3, -0.25) is 0 Å². The lowest BCUT2D eigenvalue weighted by Crippen LogP contribution is -2.22. The van der Waals surface area contributed by atoms with Crippen LogP contribution >= 0.6 is 7.14 Å². The third-order valence-electron chi connectivity index (χ3n) is 4.93. The van der Waals surface area contributed by atoms with Gasteiger partial charge < -0.3 is 4.57 Å². The Hall–Kier alpha value is -2.42.